The third-order valence-corrected chi connectivity index (χ3v) is 5.39. The number of ether oxygens (including phenoxy) is 3. The number of unbranched alkanes of at least 4 members (excludes halogenated alkanes) is 8. The van der Waals surface area contributed by atoms with Gasteiger partial charge in [0.15, 0.2) is 11.6 Å². The summed E-state index contributed by atoms with van der Waals surface area (Å²) in [4.78, 5) is 8.89. The molecule has 2 aliphatic rings. The number of carboxylic acid groups (broad SMARTS) is 1. The summed E-state index contributed by atoms with van der Waals surface area (Å²) in [5, 5.41) is 8.89. The van der Waals surface area contributed by atoms with Crippen LogP contribution in [0.2, 0.25) is 0 Å². The maximum absolute atomic E-state index is 8.89. The molecule has 0 N–H and O–H groups in total. The molecule has 2 aliphatic heterocycles. The molecule has 0 aromatic rings. The van der Waals surface area contributed by atoms with Crippen LogP contribution in [0.1, 0.15) is 111 Å². The van der Waals surface area contributed by atoms with E-state index in [2.05, 4.69) is 13.8 Å². The smallest absolute Gasteiger partial charge is 0.550 e. The number of carbonyl (C=O) groups excluding carboxylic acids is 1. The molecule has 0 saturated carbocycles. The van der Waals surface area contributed by atoms with E-state index in [0.717, 1.165) is 45.8 Å². The molecule has 0 aliphatic carbocycles. The SMILES string of the molecule is CC(=O)[O-].CCCCCCCC1(OC2(CCCCCCC)CCO2)CCO1.[Na+]. The van der Waals surface area contributed by atoms with Crippen LogP contribution in [0.25, 0.3) is 0 Å². The van der Waals surface area contributed by atoms with Gasteiger partial charge in [0.05, 0.1) is 13.2 Å². The van der Waals surface area contributed by atoms with Crippen molar-refractivity contribution in [3.8, 4) is 0 Å². The van der Waals surface area contributed by atoms with Gasteiger partial charge in [0.1, 0.15) is 0 Å². The number of hydrogen-bond acceptors (Lipinski definition) is 5. The standard InChI is InChI=1S/C20H38O3.C2H4O2.Na/c1-3-5-7-9-11-13-19(15-17-21-19)23-20(16-18-22-20)14-12-10-8-6-4-2;1-2(3)4;/h3-18H2,1-2H3;1H3,(H,3,4);/q;;+1/p-1. The molecule has 160 valence electrons. The molecule has 0 amide bonds. The van der Waals surface area contributed by atoms with Crippen molar-refractivity contribution in [3.05, 3.63) is 0 Å². The number of carboxylic acids is 1. The van der Waals surface area contributed by atoms with Crippen molar-refractivity contribution < 1.29 is 53.7 Å². The van der Waals surface area contributed by atoms with E-state index in [4.69, 9.17) is 24.1 Å². The number of aliphatic carboxylic acids is 1. The second-order valence-electron chi connectivity index (χ2n) is 7.94. The van der Waals surface area contributed by atoms with Gasteiger partial charge in [0, 0.05) is 31.7 Å². The van der Waals surface area contributed by atoms with Gasteiger partial charge in [0.2, 0.25) is 0 Å². The first-order chi connectivity index (χ1) is 13.0. The van der Waals surface area contributed by atoms with E-state index in [-0.39, 0.29) is 41.1 Å². The summed E-state index contributed by atoms with van der Waals surface area (Å²) in [5.74, 6) is -1.73. The van der Waals surface area contributed by atoms with Crippen LogP contribution < -0.4 is 34.7 Å². The Labute approximate surface area is 194 Å². The Kier molecular flexibility index (Phi) is 16.3. The Morgan fingerprint density at radius 1 is 0.821 bits per heavy atom. The predicted octanol–water partition coefficient (Wildman–Crippen LogP) is 1.72. The molecule has 2 atom stereocenters. The summed E-state index contributed by atoms with van der Waals surface area (Å²) in [6.07, 6.45) is 17.2. The van der Waals surface area contributed by atoms with Gasteiger partial charge >= 0.3 is 29.6 Å². The summed E-state index contributed by atoms with van der Waals surface area (Å²) < 4.78 is 18.3. The van der Waals surface area contributed by atoms with Crippen molar-refractivity contribution in [3.63, 3.8) is 0 Å². The van der Waals surface area contributed by atoms with E-state index in [1.807, 2.05) is 0 Å². The number of rotatable bonds is 14. The van der Waals surface area contributed by atoms with Gasteiger partial charge in [-0.1, -0.05) is 65.2 Å². The van der Waals surface area contributed by atoms with Gasteiger partial charge in [-0.3, -0.25) is 0 Å². The maximum atomic E-state index is 8.89. The predicted molar refractivity (Wildman–Crippen MR) is 105 cm³/mol. The average Bonchev–Trinajstić information content (AvgIpc) is 2.55. The molecule has 2 unspecified atom stereocenters. The minimum absolute atomic E-state index is 0. The van der Waals surface area contributed by atoms with Crippen LogP contribution in [-0.2, 0) is 19.0 Å². The fourth-order valence-corrected chi connectivity index (χ4v) is 3.65. The third kappa shape index (κ3) is 11.5. The molecule has 0 aromatic heterocycles. The molecule has 2 fully saturated rings. The Balaban J connectivity index is 0.00000133. The second-order valence-corrected chi connectivity index (χ2v) is 7.94. The summed E-state index contributed by atoms with van der Waals surface area (Å²) >= 11 is 0. The normalized spacial score (nSPS) is 25.5. The van der Waals surface area contributed by atoms with Crippen molar-refractivity contribution in [2.75, 3.05) is 13.2 Å². The molecular formula is C22H41NaO5. The van der Waals surface area contributed by atoms with Crippen LogP contribution in [0.15, 0.2) is 0 Å². The quantitative estimate of drug-likeness (QED) is 0.323. The molecule has 28 heavy (non-hydrogen) atoms. The van der Waals surface area contributed by atoms with E-state index in [1.165, 1.54) is 64.2 Å². The number of carbonyl (C=O) groups is 1. The monoisotopic (exact) mass is 408 g/mol. The Hall–Kier alpha value is 0.350. The van der Waals surface area contributed by atoms with E-state index in [0.29, 0.717) is 0 Å². The molecule has 0 bridgehead atoms. The van der Waals surface area contributed by atoms with Gasteiger partial charge in [-0.2, -0.15) is 0 Å². The first-order valence-corrected chi connectivity index (χ1v) is 11.1. The van der Waals surface area contributed by atoms with E-state index in [9.17, 15) is 0 Å². The molecule has 6 heteroatoms. The van der Waals surface area contributed by atoms with Gasteiger partial charge in [-0.05, 0) is 19.8 Å². The molecule has 2 heterocycles. The van der Waals surface area contributed by atoms with Crippen molar-refractivity contribution in [1.29, 1.82) is 0 Å². The minimum atomic E-state index is -1.08. The summed E-state index contributed by atoms with van der Waals surface area (Å²) in [5.41, 5.74) is 0. The molecule has 0 radical (unpaired) electrons. The zero-order chi connectivity index (χ0) is 20.0. The van der Waals surface area contributed by atoms with Crippen LogP contribution in [0.5, 0.6) is 0 Å². The van der Waals surface area contributed by atoms with Gasteiger partial charge in [0.25, 0.3) is 0 Å². The average molecular weight is 409 g/mol. The van der Waals surface area contributed by atoms with E-state index < -0.39 is 5.97 Å². The molecular weight excluding hydrogens is 367 g/mol. The topological polar surface area (TPSA) is 67.8 Å². The second kappa shape index (κ2) is 16.1. The van der Waals surface area contributed by atoms with Gasteiger partial charge in [-0.15, -0.1) is 0 Å². The molecule has 0 spiro atoms. The fraction of sp³-hybridized carbons (Fsp3) is 0.955. The van der Waals surface area contributed by atoms with Crippen LogP contribution in [0.3, 0.4) is 0 Å². The van der Waals surface area contributed by atoms with Crippen LogP contribution in [0.4, 0.5) is 0 Å². The molecule has 2 saturated heterocycles. The van der Waals surface area contributed by atoms with Gasteiger partial charge in [-0.25, -0.2) is 0 Å². The van der Waals surface area contributed by atoms with E-state index >= 15 is 0 Å². The zero-order valence-corrected chi connectivity index (χ0v) is 20.9. The summed E-state index contributed by atoms with van der Waals surface area (Å²) in [6.45, 7) is 7.19. The maximum Gasteiger partial charge on any atom is 1.00 e. The molecule has 5 nitrogen and oxygen atoms in total. The molecule has 0 aromatic carbocycles. The minimum Gasteiger partial charge on any atom is -0.550 e. The van der Waals surface area contributed by atoms with Crippen molar-refractivity contribution in [2.45, 2.75) is 122 Å². The van der Waals surface area contributed by atoms with Crippen LogP contribution >= 0.6 is 0 Å². The van der Waals surface area contributed by atoms with Crippen molar-refractivity contribution in [1.82, 2.24) is 0 Å². The Morgan fingerprint density at radius 2 is 1.14 bits per heavy atom. The Bertz CT molecular complexity index is 360. The van der Waals surface area contributed by atoms with Crippen LogP contribution in [-0.4, -0.2) is 30.8 Å². The summed E-state index contributed by atoms with van der Waals surface area (Å²) in [7, 11) is 0. The van der Waals surface area contributed by atoms with Crippen molar-refractivity contribution in [2.24, 2.45) is 0 Å². The van der Waals surface area contributed by atoms with Crippen LogP contribution in [0, 0.1) is 0 Å². The number of hydrogen-bond donors (Lipinski definition) is 0. The zero-order valence-electron chi connectivity index (χ0n) is 18.9. The fourth-order valence-electron chi connectivity index (χ4n) is 3.65. The molecule has 2 rings (SSSR count). The Morgan fingerprint density at radius 3 is 1.39 bits per heavy atom. The summed E-state index contributed by atoms with van der Waals surface area (Å²) in [6, 6.07) is 0. The first-order valence-electron chi connectivity index (χ1n) is 11.1. The first kappa shape index (κ1) is 28.4. The third-order valence-electron chi connectivity index (χ3n) is 5.39. The largest absolute Gasteiger partial charge is 1.00 e. The van der Waals surface area contributed by atoms with Gasteiger partial charge < -0.3 is 24.1 Å². The van der Waals surface area contributed by atoms with E-state index in [1.54, 1.807) is 0 Å². The van der Waals surface area contributed by atoms with Crippen molar-refractivity contribution >= 4 is 5.97 Å².